The predicted molar refractivity (Wildman–Crippen MR) is 5.75 cm³/mol. The van der Waals surface area contributed by atoms with Gasteiger partial charge >= 0.3 is 37.7 Å². The van der Waals surface area contributed by atoms with E-state index < -0.39 is 0 Å². The fraction of sp³-hybridized carbons (Fsp3) is 0. The first-order valence-electron chi connectivity index (χ1n) is 0. The number of hydrogen-bond acceptors (Lipinski definition) is 0. The third kappa shape index (κ3) is 49.0. The van der Waals surface area contributed by atoms with Crippen LogP contribution in [0.4, 0.5) is 0 Å². The average Bonchev–Trinajstić information content (AvgIpc) is 0. The van der Waals surface area contributed by atoms with E-state index >= 15 is 0 Å². The molecule has 0 fully saturated rings. The summed E-state index contributed by atoms with van der Waals surface area (Å²) in [6.45, 7) is 0. The molecule has 0 saturated heterocycles. The molecule has 0 aromatic rings. The Balaban J connectivity index is 0. The molecule has 0 aliphatic heterocycles. The van der Waals surface area contributed by atoms with Crippen LogP contribution in [0.25, 0.3) is 0 Å². The van der Waals surface area contributed by atoms with Gasteiger partial charge in [-0.1, -0.05) is 0 Å². The standard InChI is InChI=1S/Ca.6ClH/h;6*1H/q+2;;;;;;/p-6. The molecule has 0 radical (unpaired) electrons. The van der Waals surface area contributed by atoms with Crippen molar-refractivity contribution in [2.24, 2.45) is 0 Å². The molecule has 0 aromatic carbocycles. The second-order valence-corrected chi connectivity index (χ2v) is 0. The Labute approximate surface area is 110 Å². The summed E-state index contributed by atoms with van der Waals surface area (Å²) in [6, 6.07) is 0. The van der Waals surface area contributed by atoms with Crippen LogP contribution in [0.15, 0.2) is 0 Å². The molecule has 0 unspecified atom stereocenters. The van der Waals surface area contributed by atoms with E-state index in [1.807, 2.05) is 0 Å². The summed E-state index contributed by atoms with van der Waals surface area (Å²) >= 11 is 0. The molecule has 0 N–H and O–H groups in total. The van der Waals surface area contributed by atoms with Crippen LogP contribution >= 0.6 is 0 Å². The van der Waals surface area contributed by atoms with Gasteiger partial charge in [0.2, 0.25) is 0 Å². The average molecular weight is 253 g/mol. The molecule has 0 saturated carbocycles. The van der Waals surface area contributed by atoms with Gasteiger partial charge in [0.15, 0.2) is 0 Å². The fourth-order valence-electron chi connectivity index (χ4n) is 0. The molecule has 0 rings (SSSR count). The smallest absolute Gasteiger partial charge is 1.00 e. The van der Waals surface area contributed by atoms with Crippen LogP contribution in [0.2, 0.25) is 0 Å². The Hall–Kier alpha value is 3.00. The summed E-state index contributed by atoms with van der Waals surface area (Å²) in [5, 5.41) is 0. The zero-order valence-corrected chi connectivity index (χ0v) is 9.72. The van der Waals surface area contributed by atoms with E-state index in [9.17, 15) is 0 Å². The zero-order chi connectivity index (χ0) is 0. The Morgan fingerprint density at radius 2 is 0.286 bits per heavy atom. The van der Waals surface area contributed by atoms with Crippen molar-refractivity contribution < 1.29 is 74.4 Å². The minimum atomic E-state index is 0. The van der Waals surface area contributed by atoms with Crippen molar-refractivity contribution in [1.29, 1.82) is 0 Å². The molecular formula is CaCl6-4. The van der Waals surface area contributed by atoms with E-state index in [2.05, 4.69) is 0 Å². The van der Waals surface area contributed by atoms with Gasteiger partial charge in [0.1, 0.15) is 0 Å². The van der Waals surface area contributed by atoms with Crippen LogP contribution < -0.4 is 74.4 Å². The van der Waals surface area contributed by atoms with Crippen LogP contribution in [0.3, 0.4) is 0 Å². The number of rotatable bonds is 0. The van der Waals surface area contributed by atoms with Gasteiger partial charge in [-0.25, -0.2) is 0 Å². The maximum absolute atomic E-state index is 0. The molecule has 0 aliphatic rings. The van der Waals surface area contributed by atoms with E-state index in [0.717, 1.165) is 0 Å². The summed E-state index contributed by atoms with van der Waals surface area (Å²) in [5.74, 6) is 0. The maximum Gasteiger partial charge on any atom is 2.00 e. The summed E-state index contributed by atoms with van der Waals surface area (Å²) in [7, 11) is 0. The monoisotopic (exact) mass is 250 g/mol. The molecule has 48 valence electrons. The largest absolute Gasteiger partial charge is 2.00 e. The second-order valence-electron chi connectivity index (χ2n) is 0. The Kier molecular flexibility index (Phi) is 823. The first-order chi connectivity index (χ1) is 0. The van der Waals surface area contributed by atoms with E-state index in [0.29, 0.717) is 0 Å². The molecule has 0 atom stereocenters. The predicted octanol–water partition coefficient (Wildman–Crippen LogP) is -18.4. The third-order valence-electron chi connectivity index (χ3n) is 0. The Morgan fingerprint density at radius 3 is 0.286 bits per heavy atom. The third-order valence-corrected chi connectivity index (χ3v) is 0. The normalized spacial score (nSPS) is 0. The summed E-state index contributed by atoms with van der Waals surface area (Å²) in [5.41, 5.74) is 0. The molecule has 0 nitrogen and oxygen atoms in total. The molecule has 0 spiro atoms. The first-order valence-corrected chi connectivity index (χ1v) is 0. The van der Waals surface area contributed by atoms with Gasteiger partial charge in [0.25, 0.3) is 0 Å². The minimum Gasteiger partial charge on any atom is -1.00 e. The second kappa shape index (κ2) is 64.0. The van der Waals surface area contributed by atoms with Crippen molar-refractivity contribution in [2.75, 3.05) is 0 Å². The van der Waals surface area contributed by atoms with Gasteiger partial charge < -0.3 is 74.4 Å². The van der Waals surface area contributed by atoms with Gasteiger partial charge in [-0.3, -0.25) is 0 Å². The first kappa shape index (κ1) is 90.0. The van der Waals surface area contributed by atoms with E-state index in [1.54, 1.807) is 0 Å². The zero-order valence-electron chi connectivity index (χ0n) is 2.97. The maximum atomic E-state index is 0. The van der Waals surface area contributed by atoms with E-state index in [-0.39, 0.29) is 112 Å². The molecule has 0 bridgehead atoms. The quantitative estimate of drug-likeness (QED) is 0.376. The summed E-state index contributed by atoms with van der Waals surface area (Å²) < 4.78 is 0. The molecular weight excluding hydrogens is 253 g/mol. The van der Waals surface area contributed by atoms with E-state index in [1.165, 1.54) is 0 Å². The van der Waals surface area contributed by atoms with E-state index in [4.69, 9.17) is 0 Å². The molecule has 7 heavy (non-hydrogen) atoms. The van der Waals surface area contributed by atoms with Gasteiger partial charge in [-0.05, 0) is 0 Å². The molecule has 0 aliphatic carbocycles. The van der Waals surface area contributed by atoms with Crippen molar-refractivity contribution >= 4 is 37.7 Å². The summed E-state index contributed by atoms with van der Waals surface area (Å²) in [6.07, 6.45) is 0. The number of hydrogen-bond donors (Lipinski definition) is 0. The fourth-order valence-corrected chi connectivity index (χ4v) is 0. The van der Waals surface area contributed by atoms with Crippen molar-refractivity contribution in [3.05, 3.63) is 0 Å². The van der Waals surface area contributed by atoms with Crippen molar-refractivity contribution in [3.63, 3.8) is 0 Å². The van der Waals surface area contributed by atoms with Gasteiger partial charge in [0, 0.05) is 0 Å². The molecule has 0 amide bonds. The van der Waals surface area contributed by atoms with Crippen LogP contribution in [0.1, 0.15) is 0 Å². The van der Waals surface area contributed by atoms with Crippen LogP contribution in [0.5, 0.6) is 0 Å². The van der Waals surface area contributed by atoms with Crippen LogP contribution in [0, 0.1) is 0 Å². The van der Waals surface area contributed by atoms with Gasteiger partial charge in [-0.2, -0.15) is 0 Å². The SMILES string of the molecule is [Ca+2].[Cl-].[Cl-].[Cl-].[Cl-].[Cl-].[Cl-]. The summed E-state index contributed by atoms with van der Waals surface area (Å²) in [4.78, 5) is 0. The van der Waals surface area contributed by atoms with Crippen molar-refractivity contribution in [1.82, 2.24) is 0 Å². The molecule has 7 heteroatoms. The number of halogens is 6. The Bertz CT molecular complexity index is 4.14. The Morgan fingerprint density at radius 1 is 0.286 bits per heavy atom. The van der Waals surface area contributed by atoms with Crippen LogP contribution in [-0.4, -0.2) is 37.7 Å². The van der Waals surface area contributed by atoms with Gasteiger partial charge in [0.05, 0.1) is 0 Å². The topological polar surface area (TPSA) is 0 Å². The minimum absolute atomic E-state index is 0. The molecule has 0 heterocycles. The van der Waals surface area contributed by atoms with Crippen LogP contribution in [-0.2, 0) is 0 Å². The van der Waals surface area contributed by atoms with Crippen molar-refractivity contribution in [2.45, 2.75) is 0 Å². The van der Waals surface area contributed by atoms with Gasteiger partial charge in [-0.15, -0.1) is 0 Å². The van der Waals surface area contributed by atoms with Crippen molar-refractivity contribution in [3.8, 4) is 0 Å². The molecule has 0 aromatic heterocycles.